The number of carbonyl (C=O) groups excluding carboxylic acids is 1. The van der Waals surface area contributed by atoms with E-state index in [0.29, 0.717) is 41.0 Å². The van der Waals surface area contributed by atoms with Crippen LogP contribution in [0.4, 0.5) is 0 Å². The van der Waals surface area contributed by atoms with Gasteiger partial charge in [0.05, 0.1) is 29.5 Å². The van der Waals surface area contributed by atoms with E-state index in [-0.39, 0.29) is 16.4 Å². The zero-order valence-corrected chi connectivity index (χ0v) is 28.3. The van der Waals surface area contributed by atoms with Crippen molar-refractivity contribution < 1.29 is 23.1 Å². The molecule has 1 aliphatic rings. The molecule has 3 heterocycles. The summed E-state index contributed by atoms with van der Waals surface area (Å²) in [4.78, 5) is 26.1. The summed E-state index contributed by atoms with van der Waals surface area (Å²) in [5.41, 5.74) is 6.13. The molecule has 1 N–H and O–H groups in total. The number of amides is 1. The number of benzene rings is 3. The number of ether oxygens (including phenoxy) is 1. The summed E-state index contributed by atoms with van der Waals surface area (Å²) in [6.07, 6.45) is 3.92. The van der Waals surface area contributed by atoms with Crippen LogP contribution in [0.5, 0.6) is 5.75 Å². The number of hydrogen-bond acceptors (Lipinski definition) is 8. The Hall–Kier alpha value is -4.58. The van der Waals surface area contributed by atoms with Crippen LogP contribution in [0.25, 0.3) is 33.5 Å². The van der Waals surface area contributed by atoms with Gasteiger partial charge in [0.1, 0.15) is 11.3 Å². The molecule has 0 saturated heterocycles. The van der Waals surface area contributed by atoms with Crippen LogP contribution in [0.1, 0.15) is 40.9 Å². The quantitative estimate of drug-likeness (QED) is 0.244. The van der Waals surface area contributed by atoms with E-state index in [9.17, 15) is 18.3 Å². The van der Waals surface area contributed by atoms with E-state index in [0.717, 1.165) is 41.0 Å². The monoisotopic (exact) mass is 653 g/mol. The molecular weight excluding hydrogens is 614 g/mol. The normalized spacial score (nSPS) is 13.9. The van der Waals surface area contributed by atoms with Gasteiger partial charge in [-0.05, 0) is 74.7 Å². The largest absolute Gasteiger partial charge is 0.496 e. The van der Waals surface area contributed by atoms with Crippen molar-refractivity contribution in [3.05, 3.63) is 95.3 Å². The zero-order chi connectivity index (χ0) is 33.7. The van der Waals surface area contributed by atoms with Crippen molar-refractivity contribution in [1.29, 1.82) is 0 Å². The lowest BCUT2D eigenvalue weighted by Crippen LogP contribution is -2.41. The first-order valence-corrected chi connectivity index (χ1v) is 16.9. The Morgan fingerprint density at radius 1 is 1.04 bits per heavy atom. The summed E-state index contributed by atoms with van der Waals surface area (Å²) < 4.78 is 34.9. The van der Waals surface area contributed by atoms with E-state index in [1.54, 1.807) is 82.1 Å². The molecule has 0 radical (unpaired) electrons. The van der Waals surface area contributed by atoms with Crippen LogP contribution in [0.2, 0.25) is 0 Å². The number of aromatic nitrogens is 3. The van der Waals surface area contributed by atoms with E-state index >= 15 is 0 Å². The van der Waals surface area contributed by atoms with Gasteiger partial charge >= 0.3 is 0 Å². The Morgan fingerprint density at radius 3 is 2.38 bits per heavy atom. The van der Waals surface area contributed by atoms with E-state index in [4.69, 9.17) is 9.72 Å². The molecule has 0 spiro atoms. The topological polar surface area (TPSA) is 118 Å². The molecular formula is C36H39N5O5S. The maximum atomic E-state index is 13.9. The van der Waals surface area contributed by atoms with Gasteiger partial charge in [0.25, 0.3) is 15.9 Å². The third-order valence-electron chi connectivity index (χ3n) is 8.40. The molecule has 1 amide bonds. The highest BCUT2D eigenvalue weighted by Crippen LogP contribution is 2.36. The average molecular weight is 654 g/mol. The highest BCUT2D eigenvalue weighted by atomic mass is 32.2. The number of methoxy groups -OCH3 is 1. The lowest BCUT2D eigenvalue weighted by molar-refractivity contribution is 0.0314. The maximum absolute atomic E-state index is 13.9. The second kappa shape index (κ2) is 12.2. The summed E-state index contributed by atoms with van der Waals surface area (Å²) in [7, 11) is 1.02. The molecule has 0 saturated carbocycles. The molecule has 6 rings (SSSR count). The molecule has 0 bridgehead atoms. The number of aliphatic hydroxyl groups is 1. The lowest BCUT2D eigenvalue weighted by atomic mass is 9.94. The molecule has 244 valence electrons. The molecule has 0 aliphatic carbocycles. The van der Waals surface area contributed by atoms with Gasteiger partial charge in [-0.1, -0.05) is 29.8 Å². The highest BCUT2D eigenvalue weighted by Gasteiger charge is 2.27. The Labute approximate surface area is 275 Å². The fraction of sp³-hybridized carbons (Fsp3) is 0.306. The van der Waals surface area contributed by atoms with Gasteiger partial charge in [0, 0.05) is 62.2 Å². The van der Waals surface area contributed by atoms with Crippen molar-refractivity contribution in [3.8, 4) is 28.1 Å². The number of rotatable bonds is 8. The lowest BCUT2D eigenvalue weighted by Gasteiger charge is -2.34. The van der Waals surface area contributed by atoms with Gasteiger partial charge in [-0.2, -0.15) is 0 Å². The minimum Gasteiger partial charge on any atom is -0.496 e. The number of hydrogen-bond donors (Lipinski definition) is 1. The Kier molecular flexibility index (Phi) is 8.41. The Balaban J connectivity index is 1.48. The minimum absolute atomic E-state index is 0.132. The Bertz CT molecular complexity index is 2060. The first-order valence-electron chi connectivity index (χ1n) is 15.4. The summed E-state index contributed by atoms with van der Waals surface area (Å²) in [5, 5.41) is 10.4. The predicted molar refractivity (Wildman–Crippen MR) is 182 cm³/mol. The molecule has 5 aromatic rings. The van der Waals surface area contributed by atoms with Crippen LogP contribution in [0.15, 0.2) is 78.0 Å². The molecule has 0 atom stereocenters. The van der Waals surface area contributed by atoms with E-state index in [2.05, 4.69) is 16.0 Å². The zero-order valence-electron chi connectivity index (χ0n) is 27.5. The van der Waals surface area contributed by atoms with E-state index in [1.807, 2.05) is 26.8 Å². The average Bonchev–Trinajstić information content (AvgIpc) is 3.43. The second-order valence-corrected chi connectivity index (χ2v) is 14.8. The summed E-state index contributed by atoms with van der Waals surface area (Å²) in [6.45, 7) is 7.52. The van der Waals surface area contributed by atoms with Gasteiger partial charge in [-0.25, -0.2) is 22.4 Å². The molecule has 0 fully saturated rings. The van der Waals surface area contributed by atoms with Crippen LogP contribution in [-0.4, -0.2) is 83.1 Å². The summed E-state index contributed by atoms with van der Waals surface area (Å²) >= 11 is 0. The van der Waals surface area contributed by atoms with Crippen molar-refractivity contribution >= 4 is 27.1 Å². The van der Waals surface area contributed by atoms with Gasteiger partial charge in [-0.3, -0.25) is 9.69 Å². The number of β-amino-alcohol motifs (C(OH)–C–C–N with tert-alkyl or cyclic N) is 1. The standard InChI is InChI=1S/C36H39N5O5S/c1-23-7-13-28(14-8-23)47(44,45)41-21-30(24-9-11-25(12-10-24)35(42)39(4)5)33-34(41)37-19-31(38-33)27-17-26-15-16-40(22-36(2,3)43)20-29(26)32(18-27)46-6/h7-14,17-19,21,43H,15-16,20,22H2,1-6H3. The highest BCUT2D eigenvalue weighted by molar-refractivity contribution is 7.90. The maximum Gasteiger partial charge on any atom is 0.269 e. The van der Waals surface area contributed by atoms with Gasteiger partial charge in [0.2, 0.25) is 0 Å². The number of carbonyl (C=O) groups is 1. The number of nitrogens with zero attached hydrogens (tertiary/aromatic N) is 5. The van der Waals surface area contributed by atoms with Crippen LogP contribution < -0.4 is 4.74 Å². The molecule has 10 nitrogen and oxygen atoms in total. The third-order valence-corrected chi connectivity index (χ3v) is 10.1. The van der Waals surface area contributed by atoms with E-state index < -0.39 is 15.6 Å². The van der Waals surface area contributed by atoms with Crippen LogP contribution in [0, 0.1) is 6.92 Å². The fourth-order valence-electron chi connectivity index (χ4n) is 6.07. The number of fused-ring (bicyclic) bond motifs is 2. The molecule has 47 heavy (non-hydrogen) atoms. The smallest absolute Gasteiger partial charge is 0.269 e. The van der Waals surface area contributed by atoms with Crippen LogP contribution >= 0.6 is 0 Å². The van der Waals surface area contributed by atoms with Crippen molar-refractivity contribution in [3.63, 3.8) is 0 Å². The molecule has 1 aliphatic heterocycles. The van der Waals surface area contributed by atoms with E-state index in [1.165, 1.54) is 8.87 Å². The second-order valence-electron chi connectivity index (χ2n) is 13.0. The summed E-state index contributed by atoms with van der Waals surface area (Å²) in [6, 6.07) is 17.8. The molecule has 11 heteroatoms. The first kappa shape index (κ1) is 32.4. The fourth-order valence-corrected chi connectivity index (χ4v) is 7.38. The van der Waals surface area contributed by atoms with Crippen molar-refractivity contribution in [2.75, 3.05) is 34.3 Å². The first-order chi connectivity index (χ1) is 22.2. The summed E-state index contributed by atoms with van der Waals surface area (Å²) in [5.74, 6) is 0.591. The molecule has 0 unspecified atom stereocenters. The van der Waals surface area contributed by atoms with Gasteiger partial charge in [-0.15, -0.1) is 0 Å². The van der Waals surface area contributed by atoms with Crippen LogP contribution in [-0.2, 0) is 23.0 Å². The predicted octanol–water partition coefficient (Wildman–Crippen LogP) is 5.15. The van der Waals surface area contributed by atoms with Crippen molar-refractivity contribution in [1.82, 2.24) is 23.7 Å². The molecule has 3 aromatic carbocycles. The number of aryl methyl sites for hydroxylation is 1. The third kappa shape index (κ3) is 6.38. The minimum atomic E-state index is -4.01. The Morgan fingerprint density at radius 2 is 1.74 bits per heavy atom. The van der Waals surface area contributed by atoms with Crippen molar-refractivity contribution in [2.24, 2.45) is 0 Å². The SMILES string of the molecule is COc1cc(-c2cnc3c(n2)c(-c2ccc(C(=O)N(C)C)cc2)cn3S(=O)(=O)c2ccc(C)cc2)cc2c1CN(CC(C)(C)O)CC2. The molecule has 2 aromatic heterocycles. The van der Waals surface area contributed by atoms with Crippen LogP contribution in [0.3, 0.4) is 0 Å². The van der Waals surface area contributed by atoms with Gasteiger partial charge in [0.15, 0.2) is 5.65 Å². The van der Waals surface area contributed by atoms with Gasteiger partial charge < -0.3 is 14.7 Å². The van der Waals surface area contributed by atoms with Crippen molar-refractivity contribution in [2.45, 2.75) is 44.2 Å².